The molecule has 1 aliphatic heterocycles. The highest BCUT2D eigenvalue weighted by Gasteiger charge is 2.39. The lowest BCUT2D eigenvalue weighted by Gasteiger charge is -2.39. The van der Waals surface area contributed by atoms with Gasteiger partial charge >= 0.3 is 0 Å². The van der Waals surface area contributed by atoms with E-state index < -0.39 is 0 Å². The van der Waals surface area contributed by atoms with Crippen LogP contribution in [0.15, 0.2) is 22.7 Å². The third kappa shape index (κ3) is 2.97. The van der Waals surface area contributed by atoms with Gasteiger partial charge in [-0.3, -0.25) is 0 Å². The number of hydrogen-bond donors (Lipinski definition) is 1. The Bertz CT molecular complexity index is 454. The molecule has 1 aliphatic carbocycles. The standard InChI is InChI=1S/C16H22BrNO/c1-12-10-13(17)4-5-15(12)18-14-6-9-19-16(11-14)7-2-3-8-16/h4-5,10,14,18H,2-3,6-9,11H2,1H3. The van der Waals surface area contributed by atoms with Crippen LogP contribution in [0.1, 0.15) is 44.1 Å². The molecule has 19 heavy (non-hydrogen) atoms. The fraction of sp³-hybridized carbons (Fsp3) is 0.625. The first-order chi connectivity index (χ1) is 9.17. The maximum atomic E-state index is 6.10. The molecule has 3 rings (SSSR count). The molecule has 1 heterocycles. The summed E-state index contributed by atoms with van der Waals surface area (Å²) in [6.45, 7) is 3.07. The quantitative estimate of drug-likeness (QED) is 0.854. The second-order valence-electron chi connectivity index (χ2n) is 6.03. The molecule has 0 radical (unpaired) electrons. The second-order valence-corrected chi connectivity index (χ2v) is 6.95. The van der Waals surface area contributed by atoms with Crippen molar-refractivity contribution in [2.24, 2.45) is 0 Å². The van der Waals surface area contributed by atoms with Crippen LogP contribution in [0.5, 0.6) is 0 Å². The minimum Gasteiger partial charge on any atom is -0.382 e. The Hall–Kier alpha value is -0.540. The van der Waals surface area contributed by atoms with Crippen molar-refractivity contribution in [3.05, 3.63) is 28.2 Å². The summed E-state index contributed by atoms with van der Waals surface area (Å²) in [7, 11) is 0. The number of nitrogens with one attached hydrogen (secondary N) is 1. The van der Waals surface area contributed by atoms with E-state index in [9.17, 15) is 0 Å². The van der Waals surface area contributed by atoms with Gasteiger partial charge in [-0.15, -0.1) is 0 Å². The highest BCUT2D eigenvalue weighted by molar-refractivity contribution is 9.10. The Balaban J connectivity index is 1.69. The van der Waals surface area contributed by atoms with Crippen molar-refractivity contribution >= 4 is 21.6 Å². The van der Waals surface area contributed by atoms with E-state index >= 15 is 0 Å². The fourth-order valence-corrected chi connectivity index (χ4v) is 4.00. The van der Waals surface area contributed by atoms with Gasteiger partial charge in [0.2, 0.25) is 0 Å². The number of rotatable bonds is 2. The molecular formula is C16H22BrNO. The molecular weight excluding hydrogens is 302 g/mol. The predicted octanol–water partition coefficient (Wildman–Crippen LogP) is 4.66. The molecule has 2 fully saturated rings. The summed E-state index contributed by atoms with van der Waals surface area (Å²) in [5.41, 5.74) is 2.77. The summed E-state index contributed by atoms with van der Waals surface area (Å²) >= 11 is 3.52. The van der Waals surface area contributed by atoms with Crippen LogP contribution < -0.4 is 5.32 Å². The van der Waals surface area contributed by atoms with E-state index in [2.05, 4.69) is 46.4 Å². The summed E-state index contributed by atoms with van der Waals surface area (Å²) < 4.78 is 7.24. The van der Waals surface area contributed by atoms with Crippen LogP contribution in [0, 0.1) is 6.92 Å². The van der Waals surface area contributed by atoms with Gasteiger partial charge in [-0.1, -0.05) is 28.8 Å². The van der Waals surface area contributed by atoms with E-state index in [-0.39, 0.29) is 5.60 Å². The van der Waals surface area contributed by atoms with Gasteiger partial charge in [0.15, 0.2) is 0 Å². The van der Waals surface area contributed by atoms with Crippen molar-refractivity contribution in [2.75, 3.05) is 11.9 Å². The number of aryl methyl sites for hydroxylation is 1. The summed E-state index contributed by atoms with van der Waals surface area (Å²) in [4.78, 5) is 0. The second kappa shape index (κ2) is 5.45. The molecule has 0 amide bonds. The minimum absolute atomic E-state index is 0.194. The molecule has 1 saturated carbocycles. The number of halogens is 1. The summed E-state index contributed by atoms with van der Waals surface area (Å²) in [5, 5.41) is 3.73. The Morgan fingerprint density at radius 3 is 2.84 bits per heavy atom. The van der Waals surface area contributed by atoms with Crippen molar-refractivity contribution in [1.82, 2.24) is 0 Å². The van der Waals surface area contributed by atoms with Crippen molar-refractivity contribution in [3.8, 4) is 0 Å². The van der Waals surface area contributed by atoms with Crippen molar-refractivity contribution < 1.29 is 4.74 Å². The maximum absolute atomic E-state index is 6.10. The van der Waals surface area contributed by atoms with Crippen LogP contribution >= 0.6 is 15.9 Å². The first-order valence-corrected chi connectivity index (χ1v) is 8.13. The molecule has 104 valence electrons. The predicted molar refractivity (Wildman–Crippen MR) is 82.7 cm³/mol. The third-order valence-corrected chi connectivity index (χ3v) is 5.05. The zero-order valence-corrected chi connectivity index (χ0v) is 13.1. The van der Waals surface area contributed by atoms with E-state index in [0.29, 0.717) is 6.04 Å². The summed E-state index contributed by atoms with van der Waals surface area (Å²) in [5.74, 6) is 0. The van der Waals surface area contributed by atoms with Gasteiger partial charge in [0, 0.05) is 22.8 Å². The van der Waals surface area contributed by atoms with Crippen molar-refractivity contribution in [1.29, 1.82) is 0 Å². The number of ether oxygens (including phenoxy) is 1. The molecule has 1 atom stereocenters. The van der Waals surface area contributed by atoms with Crippen LogP contribution in [0.25, 0.3) is 0 Å². The molecule has 1 saturated heterocycles. The fourth-order valence-electron chi connectivity index (χ4n) is 3.53. The Morgan fingerprint density at radius 2 is 2.11 bits per heavy atom. The van der Waals surface area contributed by atoms with Gasteiger partial charge in [0.05, 0.1) is 5.60 Å². The highest BCUT2D eigenvalue weighted by Crippen LogP contribution is 2.40. The number of hydrogen-bond acceptors (Lipinski definition) is 2. The average molecular weight is 324 g/mol. The van der Waals surface area contributed by atoms with Gasteiger partial charge < -0.3 is 10.1 Å². The highest BCUT2D eigenvalue weighted by atomic mass is 79.9. The largest absolute Gasteiger partial charge is 0.382 e. The first-order valence-electron chi connectivity index (χ1n) is 7.34. The number of benzene rings is 1. The monoisotopic (exact) mass is 323 g/mol. The first kappa shape index (κ1) is 13.4. The molecule has 1 unspecified atom stereocenters. The van der Waals surface area contributed by atoms with Gasteiger partial charge in [-0.05, 0) is 56.4 Å². The van der Waals surface area contributed by atoms with Crippen LogP contribution in [0.2, 0.25) is 0 Å². The SMILES string of the molecule is Cc1cc(Br)ccc1NC1CCOC2(CCCC2)C1. The van der Waals surface area contributed by atoms with Crippen molar-refractivity contribution in [2.45, 2.75) is 57.1 Å². The molecule has 3 heteroatoms. The molecule has 2 nitrogen and oxygen atoms in total. The normalized spacial score (nSPS) is 25.7. The molecule has 1 N–H and O–H groups in total. The molecule has 1 aromatic rings. The Labute approximate surface area is 124 Å². The van der Waals surface area contributed by atoms with Gasteiger partial charge in [0.1, 0.15) is 0 Å². The lowest BCUT2D eigenvalue weighted by molar-refractivity contribution is -0.0767. The van der Waals surface area contributed by atoms with Gasteiger partial charge in [0.25, 0.3) is 0 Å². The molecule has 0 aromatic heterocycles. The molecule has 1 aromatic carbocycles. The van der Waals surface area contributed by atoms with E-state index in [1.807, 2.05) is 0 Å². The van der Waals surface area contributed by atoms with E-state index in [4.69, 9.17) is 4.74 Å². The Kier molecular flexibility index (Phi) is 3.86. The summed E-state index contributed by atoms with van der Waals surface area (Å²) in [6, 6.07) is 7.02. The van der Waals surface area contributed by atoms with Crippen molar-refractivity contribution in [3.63, 3.8) is 0 Å². The third-order valence-electron chi connectivity index (χ3n) is 4.56. The van der Waals surface area contributed by atoms with Crippen LogP contribution in [-0.4, -0.2) is 18.2 Å². The van der Waals surface area contributed by atoms with E-state index in [0.717, 1.165) is 17.5 Å². The van der Waals surface area contributed by atoms with Gasteiger partial charge in [-0.25, -0.2) is 0 Å². The maximum Gasteiger partial charge on any atom is 0.0702 e. The Morgan fingerprint density at radius 1 is 1.32 bits per heavy atom. The van der Waals surface area contributed by atoms with E-state index in [1.165, 1.54) is 43.4 Å². The van der Waals surface area contributed by atoms with Crippen LogP contribution in [0.4, 0.5) is 5.69 Å². The van der Waals surface area contributed by atoms with Crippen LogP contribution in [-0.2, 0) is 4.74 Å². The zero-order valence-electron chi connectivity index (χ0n) is 11.5. The van der Waals surface area contributed by atoms with E-state index in [1.54, 1.807) is 0 Å². The average Bonchev–Trinajstić information content (AvgIpc) is 2.81. The zero-order chi connectivity index (χ0) is 13.3. The number of anilines is 1. The summed E-state index contributed by atoms with van der Waals surface area (Å²) in [6.07, 6.45) is 7.48. The lowest BCUT2D eigenvalue weighted by atomic mass is 9.88. The topological polar surface area (TPSA) is 21.3 Å². The lowest BCUT2D eigenvalue weighted by Crippen LogP contribution is -2.42. The molecule has 1 spiro atoms. The van der Waals surface area contributed by atoms with Gasteiger partial charge in [-0.2, -0.15) is 0 Å². The van der Waals surface area contributed by atoms with Crippen LogP contribution in [0.3, 0.4) is 0 Å². The molecule has 0 bridgehead atoms. The smallest absolute Gasteiger partial charge is 0.0702 e. The molecule has 2 aliphatic rings. The minimum atomic E-state index is 0.194.